The Morgan fingerprint density at radius 1 is 1.28 bits per heavy atom. The first-order chi connectivity index (χ1) is 8.45. The Balaban J connectivity index is 2.79. The van der Waals surface area contributed by atoms with E-state index in [9.17, 15) is 8.78 Å². The van der Waals surface area contributed by atoms with Crippen LogP contribution in [0.15, 0.2) is 18.2 Å². The maximum Gasteiger partial charge on any atom is 0.146 e. The van der Waals surface area contributed by atoms with Crippen molar-refractivity contribution in [1.29, 1.82) is 0 Å². The first-order valence-corrected chi connectivity index (χ1v) is 6.26. The molecule has 18 heavy (non-hydrogen) atoms. The minimum atomic E-state index is -0.409. The SMILES string of the molecule is CNCC(CN(C)c1cc(F)ccc1F)C(C)C. The fourth-order valence-corrected chi connectivity index (χ4v) is 2.00. The molecule has 0 aliphatic rings. The number of nitrogens with zero attached hydrogens (tertiary/aromatic N) is 1. The van der Waals surface area contributed by atoms with E-state index < -0.39 is 5.82 Å². The summed E-state index contributed by atoms with van der Waals surface area (Å²) in [4.78, 5) is 1.78. The summed E-state index contributed by atoms with van der Waals surface area (Å²) >= 11 is 0. The molecule has 1 atom stereocenters. The van der Waals surface area contributed by atoms with E-state index in [-0.39, 0.29) is 5.82 Å². The van der Waals surface area contributed by atoms with Crippen molar-refractivity contribution in [3.8, 4) is 0 Å². The third-order valence-corrected chi connectivity index (χ3v) is 3.24. The molecule has 0 radical (unpaired) electrons. The van der Waals surface area contributed by atoms with E-state index in [4.69, 9.17) is 0 Å². The van der Waals surface area contributed by atoms with E-state index in [1.807, 2.05) is 7.05 Å². The second-order valence-corrected chi connectivity index (χ2v) is 5.04. The summed E-state index contributed by atoms with van der Waals surface area (Å²) in [5.74, 6) is 0.0815. The molecule has 0 fully saturated rings. The maximum atomic E-state index is 13.6. The Morgan fingerprint density at radius 2 is 1.94 bits per heavy atom. The molecule has 0 aliphatic carbocycles. The molecule has 102 valence electrons. The van der Waals surface area contributed by atoms with Crippen LogP contribution < -0.4 is 10.2 Å². The van der Waals surface area contributed by atoms with Gasteiger partial charge in [0, 0.05) is 19.7 Å². The van der Waals surface area contributed by atoms with Gasteiger partial charge in [-0.15, -0.1) is 0 Å². The van der Waals surface area contributed by atoms with Crippen LogP contribution in [0.5, 0.6) is 0 Å². The van der Waals surface area contributed by atoms with E-state index in [1.54, 1.807) is 11.9 Å². The molecule has 1 unspecified atom stereocenters. The number of nitrogens with one attached hydrogen (secondary N) is 1. The van der Waals surface area contributed by atoms with Gasteiger partial charge < -0.3 is 10.2 Å². The lowest BCUT2D eigenvalue weighted by atomic mass is 9.95. The van der Waals surface area contributed by atoms with Crippen molar-refractivity contribution in [2.75, 3.05) is 32.1 Å². The Hall–Kier alpha value is -1.16. The smallest absolute Gasteiger partial charge is 0.146 e. The van der Waals surface area contributed by atoms with Crippen molar-refractivity contribution in [3.05, 3.63) is 29.8 Å². The number of hydrogen-bond acceptors (Lipinski definition) is 2. The molecule has 2 nitrogen and oxygen atoms in total. The van der Waals surface area contributed by atoms with Crippen molar-refractivity contribution in [1.82, 2.24) is 5.32 Å². The van der Waals surface area contributed by atoms with Crippen LogP contribution in [0.4, 0.5) is 14.5 Å². The summed E-state index contributed by atoms with van der Waals surface area (Å²) in [5, 5.41) is 3.14. The predicted molar refractivity (Wildman–Crippen MR) is 71.9 cm³/mol. The highest BCUT2D eigenvalue weighted by molar-refractivity contribution is 5.47. The normalized spacial score (nSPS) is 12.8. The third kappa shape index (κ3) is 3.95. The molecule has 0 aromatic heterocycles. The van der Waals surface area contributed by atoms with Crippen LogP contribution in [0.2, 0.25) is 0 Å². The van der Waals surface area contributed by atoms with Crippen molar-refractivity contribution in [2.45, 2.75) is 13.8 Å². The molecule has 0 saturated carbocycles. The van der Waals surface area contributed by atoms with Crippen LogP contribution in [0, 0.1) is 23.5 Å². The number of benzene rings is 1. The van der Waals surface area contributed by atoms with E-state index in [2.05, 4.69) is 19.2 Å². The Bertz CT molecular complexity index is 380. The zero-order valence-corrected chi connectivity index (χ0v) is 11.5. The van der Waals surface area contributed by atoms with Crippen molar-refractivity contribution < 1.29 is 8.78 Å². The maximum absolute atomic E-state index is 13.6. The van der Waals surface area contributed by atoms with Crippen molar-refractivity contribution >= 4 is 5.69 Å². The van der Waals surface area contributed by atoms with Gasteiger partial charge in [0.2, 0.25) is 0 Å². The van der Waals surface area contributed by atoms with E-state index in [1.165, 1.54) is 12.1 Å². The molecule has 0 saturated heterocycles. The van der Waals surface area contributed by atoms with Gasteiger partial charge in [-0.3, -0.25) is 0 Å². The van der Waals surface area contributed by atoms with E-state index >= 15 is 0 Å². The summed E-state index contributed by atoms with van der Waals surface area (Å²) in [6, 6.07) is 3.55. The number of halogens is 2. The lowest BCUT2D eigenvalue weighted by Crippen LogP contribution is -2.34. The molecule has 0 spiro atoms. The number of hydrogen-bond donors (Lipinski definition) is 1. The summed E-state index contributed by atoms with van der Waals surface area (Å²) in [7, 11) is 3.70. The fraction of sp³-hybridized carbons (Fsp3) is 0.571. The average Bonchev–Trinajstić information content (AvgIpc) is 2.31. The highest BCUT2D eigenvalue weighted by Gasteiger charge is 2.17. The van der Waals surface area contributed by atoms with Gasteiger partial charge in [0.25, 0.3) is 0 Å². The molecule has 0 aliphatic heterocycles. The highest BCUT2D eigenvalue weighted by Crippen LogP contribution is 2.21. The van der Waals surface area contributed by atoms with Gasteiger partial charge >= 0.3 is 0 Å². The molecule has 0 heterocycles. The van der Waals surface area contributed by atoms with Crippen LogP contribution in [0.3, 0.4) is 0 Å². The number of rotatable bonds is 6. The highest BCUT2D eigenvalue weighted by atomic mass is 19.1. The van der Waals surface area contributed by atoms with Gasteiger partial charge in [-0.05, 0) is 37.6 Å². The minimum absolute atomic E-state index is 0.316. The monoisotopic (exact) mass is 256 g/mol. The molecule has 1 N–H and O–H groups in total. The Morgan fingerprint density at radius 3 is 2.50 bits per heavy atom. The van der Waals surface area contributed by atoms with Gasteiger partial charge in [0.1, 0.15) is 11.6 Å². The second-order valence-electron chi connectivity index (χ2n) is 5.04. The topological polar surface area (TPSA) is 15.3 Å². The average molecular weight is 256 g/mol. The van der Waals surface area contributed by atoms with Crippen molar-refractivity contribution in [3.63, 3.8) is 0 Å². The lowest BCUT2D eigenvalue weighted by Gasteiger charge is -2.28. The molecule has 4 heteroatoms. The van der Waals surface area contributed by atoms with Gasteiger partial charge in [0.15, 0.2) is 0 Å². The second kappa shape index (κ2) is 6.69. The standard InChI is InChI=1S/C14H22F2N2/c1-10(2)11(8-17-3)9-18(4)14-7-12(15)5-6-13(14)16/h5-7,10-11,17H,8-9H2,1-4H3. The molecular weight excluding hydrogens is 234 g/mol. The summed E-state index contributed by atoms with van der Waals surface area (Å²) in [5.41, 5.74) is 0.316. The third-order valence-electron chi connectivity index (χ3n) is 3.24. The van der Waals surface area contributed by atoms with Crippen LogP contribution in [-0.2, 0) is 0 Å². The number of anilines is 1. The van der Waals surface area contributed by atoms with Gasteiger partial charge in [-0.1, -0.05) is 13.8 Å². The molecule has 0 bridgehead atoms. The first-order valence-electron chi connectivity index (χ1n) is 6.26. The zero-order valence-electron chi connectivity index (χ0n) is 11.5. The lowest BCUT2D eigenvalue weighted by molar-refractivity contribution is 0.375. The van der Waals surface area contributed by atoms with Gasteiger partial charge in [-0.25, -0.2) is 8.78 Å². The van der Waals surface area contributed by atoms with Crippen LogP contribution in [0.1, 0.15) is 13.8 Å². The van der Waals surface area contributed by atoms with Crippen LogP contribution in [0.25, 0.3) is 0 Å². The van der Waals surface area contributed by atoms with E-state index in [0.717, 1.165) is 12.6 Å². The summed E-state index contributed by atoms with van der Waals surface area (Å²) < 4.78 is 26.8. The molecule has 1 aromatic rings. The van der Waals surface area contributed by atoms with Crippen LogP contribution >= 0.6 is 0 Å². The van der Waals surface area contributed by atoms with Crippen molar-refractivity contribution in [2.24, 2.45) is 11.8 Å². The largest absolute Gasteiger partial charge is 0.372 e. The summed E-state index contributed by atoms with van der Waals surface area (Å²) in [6.07, 6.45) is 0. The first kappa shape index (κ1) is 14.9. The Kier molecular flexibility index (Phi) is 5.54. The molecular formula is C14H22F2N2. The van der Waals surface area contributed by atoms with Gasteiger partial charge in [-0.2, -0.15) is 0 Å². The van der Waals surface area contributed by atoms with E-state index in [0.29, 0.717) is 24.1 Å². The quantitative estimate of drug-likeness (QED) is 0.842. The molecule has 1 aromatic carbocycles. The zero-order chi connectivity index (χ0) is 13.7. The van der Waals surface area contributed by atoms with Crippen LogP contribution in [-0.4, -0.2) is 27.2 Å². The molecule has 0 amide bonds. The minimum Gasteiger partial charge on any atom is -0.372 e. The predicted octanol–water partition coefficient (Wildman–Crippen LogP) is 2.89. The molecule has 1 rings (SSSR count). The Labute approximate surface area is 108 Å². The summed E-state index contributed by atoms with van der Waals surface area (Å²) in [6.45, 7) is 5.83. The van der Waals surface area contributed by atoms with Gasteiger partial charge in [0.05, 0.1) is 5.69 Å². The fourth-order valence-electron chi connectivity index (χ4n) is 2.00.